The Kier molecular flexibility index (Phi) is 5.56. The number of rotatable bonds is 5. The van der Waals surface area contributed by atoms with Crippen molar-refractivity contribution in [2.75, 3.05) is 25.5 Å². The molecule has 0 saturated carbocycles. The van der Waals surface area contributed by atoms with E-state index < -0.39 is 0 Å². The molecular formula is C21H24N2O3. The smallest absolute Gasteiger partial charge is 0.227 e. The minimum Gasteiger partial charge on any atom is -0.496 e. The maximum absolute atomic E-state index is 12.6. The molecule has 1 unspecified atom stereocenters. The second-order valence-electron chi connectivity index (χ2n) is 6.62. The molecule has 1 aliphatic heterocycles. The molecule has 1 heterocycles. The van der Waals surface area contributed by atoms with E-state index in [-0.39, 0.29) is 11.8 Å². The molecular weight excluding hydrogens is 328 g/mol. The van der Waals surface area contributed by atoms with Gasteiger partial charge in [0.05, 0.1) is 13.5 Å². The molecule has 0 bridgehead atoms. The summed E-state index contributed by atoms with van der Waals surface area (Å²) in [6, 6.07) is 15.4. The number of hydrogen-bond donors (Lipinski definition) is 1. The lowest BCUT2D eigenvalue weighted by molar-refractivity contribution is -0.129. The highest BCUT2D eigenvalue weighted by Crippen LogP contribution is 2.33. The highest BCUT2D eigenvalue weighted by atomic mass is 16.5. The molecule has 0 spiro atoms. The maximum Gasteiger partial charge on any atom is 0.227 e. The van der Waals surface area contributed by atoms with Gasteiger partial charge in [0.2, 0.25) is 11.8 Å². The van der Waals surface area contributed by atoms with E-state index in [9.17, 15) is 9.59 Å². The second-order valence-corrected chi connectivity index (χ2v) is 6.62. The van der Waals surface area contributed by atoms with E-state index in [0.717, 1.165) is 36.5 Å². The molecule has 26 heavy (non-hydrogen) atoms. The SMILES string of the molecule is COc1ccccc1C1CCN(C(=O)Cc2ccc(NC(C)=O)cc2)C1. The Morgan fingerprint density at radius 2 is 1.88 bits per heavy atom. The quantitative estimate of drug-likeness (QED) is 0.899. The van der Waals surface area contributed by atoms with Gasteiger partial charge in [-0.25, -0.2) is 0 Å². The van der Waals surface area contributed by atoms with Crippen LogP contribution >= 0.6 is 0 Å². The summed E-state index contributed by atoms with van der Waals surface area (Å²) in [5, 5.41) is 2.73. The Bertz CT molecular complexity index is 786. The number of ether oxygens (including phenoxy) is 1. The van der Waals surface area contributed by atoms with Gasteiger partial charge in [0, 0.05) is 31.6 Å². The standard InChI is InChI=1S/C21H24N2O3/c1-15(24)22-18-9-7-16(8-10-18)13-21(25)23-12-11-17(14-23)19-5-3-4-6-20(19)26-2/h3-10,17H,11-14H2,1-2H3,(H,22,24). The average Bonchev–Trinajstić information content (AvgIpc) is 3.13. The summed E-state index contributed by atoms with van der Waals surface area (Å²) in [4.78, 5) is 25.6. The Morgan fingerprint density at radius 1 is 1.15 bits per heavy atom. The van der Waals surface area contributed by atoms with Crippen molar-refractivity contribution in [3.63, 3.8) is 0 Å². The fourth-order valence-corrected chi connectivity index (χ4v) is 3.44. The first-order chi connectivity index (χ1) is 12.6. The van der Waals surface area contributed by atoms with Crippen molar-refractivity contribution >= 4 is 17.5 Å². The Morgan fingerprint density at radius 3 is 2.58 bits per heavy atom. The molecule has 5 nitrogen and oxygen atoms in total. The van der Waals surface area contributed by atoms with Crippen LogP contribution in [0.5, 0.6) is 5.75 Å². The average molecular weight is 352 g/mol. The van der Waals surface area contributed by atoms with Crippen LogP contribution in [0.25, 0.3) is 0 Å². The number of likely N-dealkylation sites (tertiary alicyclic amines) is 1. The van der Waals surface area contributed by atoms with Crippen LogP contribution in [0.3, 0.4) is 0 Å². The van der Waals surface area contributed by atoms with Gasteiger partial charge in [-0.15, -0.1) is 0 Å². The summed E-state index contributed by atoms with van der Waals surface area (Å²) < 4.78 is 5.45. The van der Waals surface area contributed by atoms with Gasteiger partial charge in [-0.2, -0.15) is 0 Å². The van der Waals surface area contributed by atoms with Crippen molar-refractivity contribution < 1.29 is 14.3 Å². The molecule has 1 saturated heterocycles. The van der Waals surface area contributed by atoms with Gasteiger partial charge in [0.25, 0.3) is 0 Å². The van der Waals surface area contributed by atoms with Crippen LogP contribution in [0.2, 0.25) is 0 Å². The Hall–Kier alpha value is -2.82. The fourth-order valence-electron chi connectivity index (χ4n) is 3.44. The van der Waals surface area contributed by atoms with Gasteiger partial charge in [-0.3, -0.25) is 9.59 Å². The normalized spacial score (nSPS) is 16.4. The first-order valence-electron chi connectivity index (χ1n) is 8.84. The fraction of sp³-hybridized carbons (Fsp3) is 0.333. The molecule has 2 aromatic rings. The van der Waals surface area contributed by atoms with Gasteiger partial charge in [0.15, 0.2) is 0 Å². The number of anilines is 1. The first kappa shape index (κ1) is 18.0. The lowest BCUT2D eigenvalue weighted by atomic mass is 9.97. The zero-order chi connectivity index (χ0) is 18.5. The monoisotopic (exact) mass is 352 g/mol. The Labute approximate surface area is 154 Å². The van der Waals surface area contributed by atoms with E-state index in [0.29, 0.717) is 12.3 Å². The summed E-state index contributed by atoms with van der Waals surface area (Å²) in [6.45, 7) is 2.97. The van der Waals surface area contributed by atoms with E-state index in [1.54, 1.807) is 7.11 Å². The predicted molar refractivity (Wildman–Crippen MR) is 101 cm³/mol. The number of amides is 2. The number of carbonyl (C=O) groups excluding carboxylic acids is 2. The predicted octanol–water partition coefficient (Wildman–Crippen LogP) is 3.21. The van der Waals surface area contributed by atoms with Crippen LogP contribution in [0, 0.1) is 0 Å². The first-order valence-corrected chi connectivity index (χ1v) is 8.84. The zero-order valence-electron chi connectivity index (χ0n) is 15.2. The van der Waals surface area contributed by atoms with Gasteiger partial charge < -0.3 is 15.0 Å². The molecule has 3 rings (SSSR count). The molecule has 0 aliphatic carbocycles. The Balaban J connectivity index is 1.60. The van der Waals surface area contributed by atoms with E-state index in [1.165, 1.54) is 12.5 Å². The third-order valence-corrected chi connectivity index (χ3v) is 4.75. The number of methoxy groups -OCH3 is 1. The van der Waals surface area contributed by atoms with Crippen LogP contribution < -0.4 is 10.1 Å². The van der Waals surface area contributed by atoms with Crippen molar-refractivity contribution in [3.05, 3.63) is 59.7 Å². The molecule has 2 amide bonds. The van der Waals surface area contributed by atoms with Gasteiger partial charge in [-0.05, 0) is 35.7 Å². The number of nitrogens with one attached hydrogen (secondary N) is 1. The molecule has 1 N–H and O–H groups in total. The summed E-state index contributed by atoms with van der Waals surface area (Å²) in [7, 11) is 1.68. The molecule has 1 fully saturated rings. The van der Waals surface area contributed by atoms with Crippen molar-refractivity contribution in [1.29, 1.82) is 0 Å². The van der Waals surface area contributed by atoms with Gasteiger partial charge in [-0.1, -0.05) is 30.3 Å². The van der Waals surface area contributed by atoms with Crippen molar-refractivity contribution in [2.24, 2.45) is 0 Å². The highest BCUT2D eigenvalue weighted by Gasteiger charge is 2.28. The van der Waals surface area contributed by atoms with Gasteiger partial charge in [0.1, 0.15) is 5.75 Å². The van der Waals surface area contributed by atoms with Crippen LogP contribution in [-0.2, 0) is 16.0 Å². The molecule has 5 heteroatoms. The van der Waals surface area contributed by atoms with Crippen LogP contribution in [0.1, 0.15) is 30.4 Å². The molecule has 0 radical (unpaired) electrons. The molecule has 2 aromatic carbocycles. The van der Waals surface area contributed by atoms with E-state index in [4.69, 9.17) is 4.74 Å². The minimum atomic E-state index is -0.103. The molecule has 1 aliphatic rings. The van der Waals surface area contributed by atoms with Crippen molar-refractivity contribution in [3.8, 4) is 5.75 Å². The van der Waals surface area contributed by atoms with Crippen LogP contribution in [-0.4, -0.2) is 36.9 Å². The van der Waals surface area contributed by atoms with Crippen LogP contribution in [0.4, 0.5) is 5.69 Å². The van der Waals surface area contributed by atoms with Crippen LogP contribution in [0.15, 0.2) is 48.5 Å². The molecule has 0 aromatic heterocycles. The third-order valence-electron chi connectivity index (χ3n) is 4.75. The van der Waals surface area contributed by atoms with E-state index >= 15 is 0 Å². The van der Waals surface area contributed by atoms with E-state index in [1.807, 2.05) is 47.4 Å². The largest absolute Gasteiger partial charge is 0.496 e. The number of hydrogen-bond acceptors (Lipinski definition) is 3. The summed E-state index contributed by atoms with van der Waals surface area (Å²) in [5.41, 5.74) is 2.86. The number of benzene rings is 2. The minimum absolute atomic E-state index is 0.103. The lowest BCUT2D eigenvalue weighted by Crippen LogP contribution is -2.29. The highest BCUT2D eigenvalue weighted by molar-refractivity contribution is 5.88. The molecule has 136 valence electrons. The van der Waals surface area contributed by atoms with Crippen molar-refractivity contribution in [2.45, 2.75) is 25.7 Å². The third kappa shape index (κ3) is 4.23. The summed E-state index contributed by atoms with van der Waals surface area (Å²) in [6.07, 6.45) is 1.33. The number of carbonyl (C=O) groups is 2. The summed E-state index contributed by atoms with van der Waals surface area (Å²) in [5.74, 6) is 1.24. The lowest BCUT2D eigenvalue weighted by Gasteiger charge is -2.18. The van der Waals surface area contributed by atoms with Crippen molar-refractivity contribution in [1.82, 2.24) is 4.90 Å². The van der Waals surface area contributed by atoms with E-state index in [2.05, 4.69) is 11.4 Å². The second kappa shape index (κ2) is 8.04. The number of para-hydroxylation sites is 1. The molecule has 1 atom stereocenters. The topological polar surface area (TPSA) is 58.6 Å². The summed E-state index contributed by atoms with van der Waals surface area (Å²) >= 11 is 0. The van der Waals surface area contributed by atoms with Gasteiger partial charge >= 0.3 is 0 Å². The maximum atomic E-state index is 12.6. The zero-order valence-corrected chi connectivity index (χ0v) is 15.2. The number of nitrogens with zero attached hydrogens (tertiary/aromatic N) is 1.